The Morgan fingerprint density at radius 2 is 0.950 bits per heavy atom. The van der Waals surface area contributed by atoms with Gasteiger partial charge in [0.1, 0.15) is 0 Å². The number of aromatic nitrogens is 5. The molecule has 0 atom stereocenters. The number of rotatable bonds is 1. The molecule has 5 nitrogen and oxygen atoms in total. The molecule has 0 unspecified atom stereocenters. The Hall–Kier alpha value is -1.71. The third-order valence-electron chi connectivity index (χ3n) is 1.90. The Morgan fingerprint density at radius 3 is 1.20 bits per heavy atom. The molecule has 0 saturated heterocycles. The molecule has 3 rings (SSSR count). The number of hydrogen-bond donors (Lipinski definition) is 0. The Balaban J connectivity index is 0.000000211. The fraction of sp³-hybridized carbons (Fsp3) is 0. The molecular formula is C13H11ClN5Pt. The summed E-state index contributed by atoms with van der Waals surface area (Å²) in [5, 5.41) is 0. The smallest absolute Gasteiger partial charge is 0.197 e. The second-order valence-corrected chi connectivity index (χ2v) is 3.17. The van der Waals surface area contributed by atoms with Gasteiger partial charge < -0.3 is 0 Å². The van der Waals surface area contributed by atoms with Crippen molar-refractivity contribution in [1.29, 1.82) is 0 Å². The molecule has 3 aromatic rings. The summed E-state index contributed by atoms with van der Waals surface area (Å²) in [6.45, 7) is 0. The van der Waals surface area contributed by atoms with E-state index in [0.717, 1.165) is 0 Å². The van der Waals surface area contributed by atoms with Crippen molar-refractivity contribution in [2.75, 3.05) is 0 Å². The van der Waals surface area contributed by atoms with Crippen LogP contribution in [0.15, 0.2) is 67.5 Å². The molecule has 0 amide bonds. The first-order valence-electron chi connectivity index (χ1n) is 5.48. The van der Waals surface area contributed by atoms with Crippen LogP contribution in [0.5, 0.6) is 0 Å². The zero-order valence-corrected chi connectivity index (χ0v) is 13.3. The van der Waals surface area contributed by atoms with Crippen molar-refractivity contribution in [3.8, 4) is 11.6 Å². The van der Waals surface area contributed by atoms with Gasteiger partial charge in [0.15, 0.2) is 11.6 Å². The van der Waals surface area contributed by atoms with E-state index in [-0.39, 0.29) is 0 Å². The van der Waals surface area contributed by atoms with E-state index in [4.69, 9.17) is 0 Å². The molecule has 0 aliphatic heterocycles. The molecule has 0 aromatic carbocycles. The molecule has 0 N–H and O–H groups in total. The van der Waals surface area contributed by atoms with Crippen LogP contribution in [0.3, 0.4) is 0 Å². The quantitative estimate of drug-likeness (QED) is 0.551. The molecule has 105 valence electrons. The maximum Gasteiger partial charge on any atom is 0.197 e. The van der Waals surface area contributed by atoms with Crippen molar-refractivity contribution in [3.05, 3.63) is 67.5 Å². The van der Waals surface area contributed by atoms with E-state index in [1.807, 2.05) is 18.2 Å². The van der Waals surface area contributed by atoms with Gasteiger partial charge in [-0.15, -0.1) is 0 Å². The predicted octanol–water partition coefficient (Wildman–Crippen LogP) is 2.70. The van der Waals surface area contributed by atoms with E-state index >= 15 is 0 Å². The summed E-state index contributed by atoms with van der Waals surface area (Å²) in [4.78, 5) is 19.8. The van der Waals surface area contributed by atoms with E-state index in [1.54, 1.807) is 68.1 Å². The van der Waals surface area contributed by atoms with Crippen LogP contribution in [0.2, 0.25) is 0 Å². The molecule has 3 aromatic heterocycles. The Morgan fingerprint density at radius 1 is 0.550 bits per heavy atom. The normalized spacial score (nSPS) is 8.55. The molecular weight excluding hydrogens is 457 g/mol. The standard InChI is InChI=1S/C8H6N4.C5H5N.ClH.Pt/c1-3-9-7(10-4-1)8-11-5-2-6-12-8;1-2-4-6-5-3-1;;/h1-6H;1-5H;1H;/q;;;+1/p-1. The molecule has 3 heterocycles. The zero-order valence-electron chi connectivity index (χ0n) is 10.3. The van der Waals surface area contributed by atoms with Gasteiger partial charge in [0.05, 0.1) is 0 Å². The van der Waals surface area contributed by atoms with Gasteiger partial charge in [0, 0.05) is 37.2 Å². The minimum absolute atomic E-state index is 0.554. The second-order valence-electron chi connectivity index (χ2n) is 3.17. The molecule has 20 heavy (non-hydrogen) atoms. The summed E-state index contributed by atoms with van der Waals surface area (Å²) in [6, 6.07) is 9.23. The molecule has 0 aliphatic rings. The fourth-order valence-electron chi connectivity index (χ4n) is 1.14. The van der Waals surface area contributed by atoms with Gasteiger partial charge in [-0.05, 0) is 24.3 Å². The minimum Gasteiger partial charge on any atom is -0.265 e. The monoisotopic (exact) mass is 467 g/mol. The van der Waals surface area contributed by atoms with E-state index in [1.165, 1.54) is 0 Å². The fourth-order valence-corrected chi connectivity index (χ4v) is 1.14. The Kier molecular flexibility index (Phi) is 9.11. The van der Waals surface area contributed by atoms with Crippen LogP contribution < -0.4 is 0 Å². The SMILES string of the molecule is [Cl][Pt].c1ccncc1.c1cnc(-c2ncccn2)nc1. The van der Waals surface area contributed by atoms with Crippen LogP contribution in [0.1, 0.15) is 0 Å². The van der Waals surface area contributed by atoms with Crippen LogP contribution in [0.4, 0.5) is 0 Å². The van der Waals surface area contributed by atoms with Gasteiger partial charge in [-0.3, -0.25) is 4.98 Å². The van der Waals surface area contributed by atoms with Gasteiger partial charge in [0.25, 0.3) is 0 Å². The number of hydrogen-bond acceptors (Lipinski definition) is 5. The summed E-state index contributed by atoms with van der Waals surface area (Å²) < 4.78 is 0. The summed E-state index contributed by atoms with van der Waals surface area (Å²) in [7, 11) is 4.61. The Labute approximate surface area is 132 Å². The first-order valence-corrected chi connectivity index (χ1v) is 8.30. The number of pyridine rings is 1. The van der Waals surface area contributed by atoms with Crippen molar-refractivity contribution >= 4 is 9.42 Å². The van der Waals surface area contributed by atoms with Gasteiger partial charge in [-0.25, -0.2) is 19.9 Å². The summed E-state index contributed by atoms with van der Waals surface area (Å²) in [5.74, 6) is 1.11. The van der Waals surface area contributed by atoms with Crippen molar-refractivity contribution < 1.29 is 18.8 Å². The van der Waals surface area contributed by atoms with Gasteiger partial charge >= 0.3 is 28.2 Å². The molecule has 0 aliphatic carbocycles. The maximum absolute atomic E-state index is 4.61. The average Bonchev–Trinajstić information content (AvgIpc) is 2.60. The molecule has 0 fully saturated rings. The molecule has 0 saturated carbocycles. The van der Waals surface area contributed by atoms with Crippen LogP contribution in [-0.2, 0) is 18.8 Å². The summed E-state index contributed by atoms with van der Waals surface area (Å²) >= 11 is 1.61. The summed E-state index contributed by atoms with van der Waals surface area (Å²) in [5.41, 5.74) is 0. The van der Waals surface area contributed by atoms with E-state index < -0.39 is 0 Å². The number of nitrogens with zero attached hydrogens (tertiary/aromatic N) is 5. The van der Waals surface area contributed by atoms with Crippen LogP contribution in [-0.4, -0.2) is 24.9 Å². The van der Waals surface area contributed by atoms with Gasteiger partial charge in [0.2, 0.25) is 0 Å². The number of halogens is 1. The molecule has 7 heteroatoms. The van der Waals surface area contributed by atoms with Crippen molar-refractivity contribution in [3.63, 3.8) is 0 Å². The van der Waals surface area contributed by atoms with Crippen molar-refractivity contribution in [2.45, 2.75) is 0 Å². The molecule has 0 bridgehead atoms. The van der Waals surface area contributed by atoms with Gasteiger partial charge in [-0.2, -0.15) is 0 Å². The Bertz CT molecular complexity index is 489. The van der Waals surface area contributed by atoms with Crippen LogP contribution in [0, 0.1) is 0 Å². The van der Waals surface area contributed by atoms with E-state index in [0.29, 0.717) is 11.6 Å². The largest absolute Gasteiger partial charge is 0.265 e. The van der Waals surface area contributed by atoms with Crippen LogP contribution >= 0.6 is 9.42 Å². The van der Waals surface area contributed by atoms with Gasteiger partial charge in [-0.1, -0.05) is 6.07 Å². The first-order chi connectivity index (χ1) is 9.97. The first kappa shape index (κ1) is 16.3. The average molecular weight is 468 g/mol. The van der Waals surface area contributed by atoms with Crippen molar-refractivity contribution in [2.24, 2.45) is 0 Å². The second kappa shape index (κ2) is 11.1. The van der Waals surface area contributed by atoms with E-state index in [2.05, 4.69) is 34.3 Å². The third-order valence-corrected chi connectivity index (χ3v) is 1.90. The minimum atomic E-state index is 0.554. The van der Waals surface area contributed by atoms with E-state index in [9.17, 15) is 0 Å². The predicted molar refractivity (Wildman–Crippen MR) is 73.1 cm³/mol. The third kappa shape index (κ3) is 6.45. The van der Waals surface area contributed by atoms with Crippen molar-refractivity contribution in [1.82, 2.24) is 24.9 Å². The van der Waals surface area contributed by atoms with Crippen LogP contribution in [0.25, 0.3) is 11.6 Å². The maximum atomic E-state index is 4.61. The zero-order chi connectivity index (χ0) is 14.5. The molecule has 0 spiro atoms. The topological polar surface area (TPSA) is 64.5 Å². The molecule has 0 radical (unpaired) electrons. The summed E-state index contributed by atoms with van der Waals surface area (Å²) in [6.07, 6.45) is 10.2.